The van der Waals surface area contributed by atoms with Gasteiger partial charge in [-0.15, -0.1) is 0 Å². The second-order valence-corrected chi connectivity index (χ2v) is 6.16. The fourth-order valence-corrected chi connectivity index (χ4v) is 2.65. The molecule has 1 heterocycles. The molecule has 144 valence electrons. The van der Waals surface area contributed by atoms with Crippen molar-refractivity contribution < 1.29 is 18.4 Å². The Hall–Kier alpha value is -3.55. The van der Waals surface area contributed by atoms with Crippen molar-refractivity contribution in [2.24, 2.45) is 0 Å². The van der Waals surface area contributed by atoms with Crippen LogP contribution in [0.1, 0.15) is 28.9 Å². The van der Waals surface area contributed by atoms with Gasteiger partial charge in [0, 0.05) is 24.1 Å². The van der Waals surface area contributed by atoms with Crippen molar-refractivity contribution in [3.05, 3.63) is 83.9 Å². The number of nitrogens with one attached hydrogen (secondary N) is 2. The van der Waals surface area contributed by atoms with Crippen LogP contribution < -0.4 is 10.6 Å². The lowest BCUT2D eigenvalue weighted by Gasteiger charge is -2.15. The molecule has 0 spiro atoms. The number of carbonyl (C=O) groups is 2. The summed E-state index contributed by atoms with van der Waals surface area (Å²) in [4.78, 5) is 28.0. The molecular formula is C20H18F2N4O2. The van der Waals surface area contributed by atoms with E-state index in [0.29, 0.717) is 6.07 Å². The van der Waals surface area contributed by atoms with E-state index in [0.717, 1.165) is 23.4 Å². The first kappa shape index (κ1) is 19.2. The highest BCUT2D eigenvalue weighted by molar-refractivity contribution is 5.96. The molecule has 0 aliphatic rings. The third-order valence-electron chi connectivity index (χ3n) is 4.16. The number of benzene rings is 2. The fourth-order valence-electron chi connectivity index (χ4n) is 2.65. The predicted octanol–water partition coefficient (Wildman–Crippen LogP) is 2.76. The minimum Gasteiger partial charge on any atom is -0.348 e. The monoisotopic (exact) mass is 384 g/mol. The summed E-state index contributed by atoms with van der Waals surface area (Å²) in [6, 6.07) is 9.90. The minimum absolute atomic E-state index is 0.288. The zero-order chi connectivity index (χ0) is 20.1. The van der Waals surface area contributed by atoms with Gasteiger partial charge in [-0.25, -0.2) is 13.8 Å². The van der Waals surface area contributed by atoms with Gasteiger partial charge in [0.25, 0.3) is 5.91 Å². The lowest BCUT2D eigenvalue weighted by atomic mass is 10.1. The highest BCUT2D eigenvalue weighted by Gasteiger charge is 2.15. The number of nitrogens with zero attached hydrogens (tertiary/aromatic N) is 2. The Morgan fingerprint density at radius 2 is 1.89 bits per heavy atom. The maximum atomic E-state index is 13.6. The summed E-state index contributed by atoms with van der Waals surface area (Å²) in [5.41, 5.74) is 1.50. The number of carbonyl (C=O) groups excluding carboxylic acids is 2. The van der Waals surface area contributed by atoms with Crippen LogP contribution in [0.4, 0.5) is 8.78 Å². The maximum Gasteiger partial charge on any atom is 0.254 e. The van der Waals surface area contributed by atoms with Gasteiger partial charge < -0.3 is 15.2 Å². The first-order chi connectivity index (χ1) is 13.4. The predicted molar refractivity (Wildman–Crippen MR) is 98.8 cm³/mol. The van der Waals surface area contributed by atoms with Crippen molar-refractivity contribution >= 4 is 11.8 Å². The minimum atomic E-state index is -0.982. The van der Waals surface area contributed by atoms with Crippen LogP contribution in [-0.2, 0) is 4.79 Å². The van der Waals surface area contributed by atoms with E-state index in [1.807, 2.05) is 42.0 Å². The average Bonchev–Trinajstić information content (AvgIpc) is 3.21. The van der Waals surface area contributed by atoms with Crippen LogP contribution in [0.2, 0.25) is 0 Å². The summed E-state index contributed by atoms with van der Waals surface area (Å²) >= 11 is 0. The molecule has 0 aliphatic heterocycles. The first-order valence-corrected chi connectivity index (χ1v) is 8.55. The number of rotatable bonds is 6. The molecule has 8 heteroatoms. The van der Waals surface area contributed by atoms with Crippen molar-refractivity contribution in [2.75, 3.05) is 6.54 Å². The van der Waals surface area contributed by atoms with Crippen LogP contribution in [0, 0.1) is 11.6 Å². The lowest BCUT2D eigenvalue weighted by Crippen LogP contribution is -2.38. The fraction of sp³-hybridized carbons (Fsp3) is 0.150. The Morgan fingerprint density at radius 3 is 2.54 bits per heavy atom. The van der Waals surface area contributed by atoms with Crippen LogP contribution >= 0.6 is 0 Å². The van der Waals surface area contributed by atoms with E-state index in [4.69, 9.17) is 0 Å². The van der Waals surface area contributed by atoms with E-state index in [1.165, 1.54) is 0 Å². The number of amides is 2. The van der Waals surface area contributed by atoms with Gasteiger partial charge in [0.2, 0.25) is 5.91 Å². The van der Waals surface area contributed by atoms with Gasteiger partial charge in [0.05, 0.1) is 24.5 Å². The van der Waals surface area contributed by atoms with Crippen molar-refractivity contribution in [3.8, 4) is 5.69 Å². The number of hydrogen-bond acceptors (Lipinski definition) is 3. The average molecular weight is 384 g/mol. The van der Waals surface area contributed by atoms with Gasteiger partial charge in [-0.1, -0.05) is 12.1 Å². The summed E-state index contributed by atoms with van der Waals surface area (Å²) < 4.78 is 28.3. The number of halogens is 2. The van der Waals surface area contributed by atoms with Gasteiger partial charge in [0.1, 0.15) is 11.6 Å². The smallest absolute Gasteiger partial charge is 0.254 e. The molecule has 1 aromatic heterocycles. The molecule has 2 amide bonds. The van der Waals surface area contributed by atoms with Crippen molar-refractivity contribution in [1.82, 2.24) is 20.2 Å². The van der Waals surface area contributed by atoms with E-state index in [9.17, 15) is 18.4 Å². The van der Waals surface area contributed by atoms with E-state index in [-0.39, 0.29) is 18.2 Å². The van der Waals surface area contributed by atoms with Gasteiger partial charge >= 0.3 is 0 Å². The second-order valence-electron chi connectivity index (χ2n) is 6.16. The van der Waals surface area contributed by atoms with Crippen LogP contribution in [0.25, 0.3) is 5.69 Å². The van der Waals surface area contributed by atoms with E-state index < -0.39 is 23.4 Å². The SMILES string of the molecule is CC(NC(=O)CNC(=O)c1ccc(F)cc1F)c1ccc(-n2ccnc2)cc1. The normalized spacial score (nSPS) is 11.7. The molecular weight excluding hydrogens is 366 g/mol. The molecule has 0 aliphatic carbocycles. The van der Waals surface area contributed by atoms with E-state index >= 15 is 0 Å². The molecule has 3 rings (SSSR count). The molecule has 2 N–H and O–H groups in total. The van der Waals surface area contributed by atoms with Crippen LogP contribution in [-0.4, -0.2) is 27.9 Å². The number of aromatic nitrogens is 2. The van der Waals surface area contributed by atoms with E-state index in [2.05, 4.69) is 15.6 Å². The Balaban J connectivity index is 1.53. The standard InChI is InChI=1S/C20H18F2N4O2/c1-13(14-2-5-16(6-3-14)26-9-8-23-12-26)25-19(27)11-24-20(28)17-7-4-15(21)10-18(17)22/h2-10,12-13H,11H2,1H3,(H,24,28)(H,25,27). The summed E-state index contributed by atoms with van der Waals surface area (Å²) in [5, 5.41) is 5.07. The molecule has 1 atom stereocenters. The largest absolute Gasteiger partial charge is 0.348 e. The van der Waals surface area contributed by atoms with Crippen molar-refractivity contribution in [2.45, 2.75) is 13.0 Å². The Morgan fingerprint density at radius 1 is 1.14 bits per heavy atom. The van der Waals surface area contributed by atoms with Gasteiger partial charge in [-0.05, 0) is 36.8 Å². The summed E-state index contributed by atoms with van der Waals surface area (Å²) in [5.74, 6) is -2.98. The molecule has 0 saturated heterocycles. The lowest BCUT2D eigenvalue weighted by molar-refractivity contribution is -0.120. The quantitative estimate of drug-likeness (QED) is 0.686. The zero-order valence-electron chi connectivity index (χ0n) is 15.0. The van der Waals surface area contributed by atoms with Gasteiger partial charge in [-0.3, -0.25) is 9.59 Å². The number of imidazole rings is 1. The third-order valence-corrected chi connectivity index (χ3v) is 4.16. The van der Waals surface area contributed by atoms with E-state index in [1.54, 1.807) is 12.5 Å². The molecule has 0 radical (unpaired) electrons. The Bertz CT molecular complexity index is 972. The number of hydrogen-bond donors (Lipinski definition) is 2. The van der Waals surface area contributed by atoms with Crippen molar-refractivity contribution in [1.29, 1.82) is 0 Å². The van der Waals surface area contributed by atoms with Crippen molar-refractivity contribution in [3.63, 3.8) is 0 Å². The summed E-state index contributed by atoms with van der Waals surface area (Å²) in [7, 11) is 0. The van der Waals surface area contributed by atoms with Crippen LogP contribution in [0.5, 0.6) is 0 Å². The molecule has 6 nitrogen and oxygen atoms in total. The molecule has 0 saturated carbocycles. The molecule has 0 fully saturated rings. The Labute approximate surface area is 160 Å². The topological polar surface area (TPSA) is 76.0 Å². The molecule has 2 aromatic carbocycles. The molecule has 3 aromatic rings. The van der Waals surface area contributed by atoms with Gasteiger partial charge in [0.15, 0.2) is 0 Å². The summed E-state index contributed by atoms with van der Waals surface area (Å²) in [6.45, 7) is 1.48. The highest BCUT2D eigenvalue weighted by atomic mass is 19.1. The first-order valence-electron chi connectivity index (χ1n) is 8.55. The maximum absolute atomic E-state index is 13.6. The molecule has 28 heavy (non-hydrogen) atoms. The van der Waals surface area contributed by atoms with Crippen LogP contribution in [0.15, 0.2) is 61.2 Å². The molecule has 0 bridgehead atoms. The summed E-state index contributed by atoms with van der Waals surface area (Å²) in [6.07, 6.45) is 5.20. The second kappa shape index (κ2) is 8.43. The highest BCUT2D eigenvalue weighted by Crippen LogP contribution is 2.15. The molecule has 1 unspecified atom stereocenters. The Kier molecular flexibility index (Phi) is 5.78. The third kappa shape index (κ3) is 4.59. The van der Waals surface area contributed by atoms with Gasteiger partial charge in [-0.2, -0.15) is 0 Å². The zero-order valence-corrected chi connectivity index (χ0v) is 15.0. The van der Waals surface area contributed by atoms with Crippen LogP contribution in [0.3, 0.4) is 0 Å².